The SMILES string of the molecule is CC(C)n1ccc(S(=O)(=O)Oc2ccccc2C(=O)NC2CC2)n1. The van der Waals surface area contributed by atoms with Crippen LogP contribution in [0.25, 0.3) is 0 Å². The van der Waals surface area contributed by atoms with E-state index >= 15 is 0 Å². The highest BCUT2D eigenvalue weighted by molar-refractivity contribution is 7.87. The first-order valence-electron chi connectivity index (χ1n) is 7.76. The largest absolute Gasteiger partial charge is 0.377 e. The minimum Gasteiger partial charge on any atom is -0.377 e. The van der Waals surface area contributed by atoms with Crippen LogP contribution in [0.5, 0.6) is 5.75 Å². The molecule has 1 heterocycles. The Morgan fingerprint density at radius 2 is 2.00 bits per heavy atom. The van der Waals surface area contributed by atoms with Crippen LogP contribution in [0.3, 0.4) is 0 Å². The zero-order valence-electron chi connectivity index (χ0n) is 13.5. The van der Waals surface area contributed by atoms with Crippen molar-refractivity contribution in [2.24, 2.45) is 0 Å². The Kier molecular flexibility index (Phi) is 4.31. The molecule has 0 atom stereocenters. The number of carbonyl (C=O) groups is 1. The molecule has 1 amide bonds. The molecular weight excluding hydrogens is 330 g/mol. The number of nitrogens with zero attached hydrogens (tertiary/aromatic N) is 2. The Morgan fingerprint density at radius 1 is 1.29 bits per heavy atom. The first-order valence-corrected chi connectivity index (χ1v) is 9.17. The Morgan fingerprint density at radius 3 is 2.62 bits per heavy atom. The number of hydrogen-bond acceptors (Lipinski definition) is 5. The van der Waals surface area contributed by atoms with Gasteiger partial charge in [0.1, 0.15) is 0 Å². The number of nitrogens with one attached hydrogen (secondary N) is 1. The molecule has 1 aromatic carbocycles. The second kappa shape index (κ2) is 6.27. The average Bonchev–Trinajstić information content (AvgIpc) is 3.17. The van der Waals surface area contributed by atoms with Crippen molar-refractivity contribution in [3.05, 3.63) is 42.1 Å². The average molecular weight is 349 g/mol. The molecule has 0 aliphatic heterocycles. The van der Waals surface area contributed by atoms with Gasteiger partial charge in [0.25, 0.3) is 5.91 Å². The molecule has 3 rings (SSSR count). The van der Waals surface area contributed by atoms with Crippen molar-refractivity contribution in [2.45, 2.75) is 43.8 Å². The van der Waals surface area contributed by atoms with Gasteiger partial charge in [0, 0.05) is 18.3 Å². The summed E-state index contributed by atoms with van der Waals surface area (Å²) >= 11 is 0. The molecule has 0 saturated heterocycles. The normalized spacial score (nSPS) is 14.6. The maximum Gasteiger partial charge on any atom is 0.358 e. The zero-order valence-corrected chi connectivity index (χ0v) is 14.3. The summed E-state index contributed by atoms with van der Waals surface area (Å²) in [5.74, 6) is -0.342. The van der Waals surface area contributed by atoms with Crippen molar-refractivity contribution in [2.75, 3.05) is 0 Å². The summed E-state index contributed by atoms with van der Waals surface area (Å²) in [5, 5.41) is 6.65. The van der Waals surface area contributed by atoms with E-state index in [0.717, 1.165) is 12.8 Å². The first-order chi connectivity index (χ1) is 11.4. The van der Waals surface area contributed by atoms with Crippen LogP contribution in [0.4, 0.5) is 0 Å². The van der Waals surface area contributed by atoms with Crippen LogP contribution in [-0.2, 0) is 10.1 Å². The van der Waals surface area contributed by atoms with Gasteiger partial charge in [0.05, 0.1) is 5.56 Å². The summed E-state index contributed by atoms with van der Waals surface area (Å²) in [6.07, 6.45) is 3.46. The van der Waals surface area contributed by atoms with Crippen LogP contribution in [0.15, 0.2) is 41.6 Å². The van der Waals surface area contributed by atoms with E-state index < -0.39 is 10.1 Å². The van der Waals surface area contributed by atoms with Gasteiger partial charge in [0.15, 0.2) is 5.75 Å². The second-order valence-corrected chi connectivity index (χ2v) is 7.50. The third kappa shape index (κ3) is 3.59. The van der Waals surface area contributed by atoms with Crippen molar-refractivity contribution < 1.29 is 17.4 Å². The second-order valence-electron chi connectivity index (χ2n) is 6.01. The van der Waals surface area contributed by atoms with Crippen molar-refractivity contribution >= 4 is 16.0 Å². The smallest absolute Gasteiger partial charge is 0.358 e. The molecule has 0 bridgehead atoms. The molecule has 1 fully saturated rings. The van der Waals surface area contributed by atoms with Gasteiger partial charge in [-0.05, 0) is 44.9 Å². The fraction of sp³-hybridized carbons (Fsp3) is 0.375. The minimum absolute atomic E-state index is 0.00486. The number of para-hydroxylation sites is 1. The maximum atomic E-state index is 12.4. The summed E-state index contributed by atoms with van der Waals surface area (Å²) < 4.78 is 31.5. The van der Waals surface area contributed by atoms with Crippen molar-refractivity contribution in [1.29, 1.82) is 0 Å². The highest BCUT2D eigenvalue weighted by Crippen LogP contribution is 2.25. The number of amides is 1. The van der Waals surface area contributed by atoms with Crippen LogP contribution in [0.1, 0.15) is 43.1 Å². The standard InChI is InChI=1S/C16H19N3O4S/c1-11(2)19-10-9-15(18-19)24(21,22)23-14-6-4-3-5-13(14)16(20)17-12-7-8-12/h3-6,9-12H,7-8H2,1-2H3,(H,17,20). The van der Waals surface area contributed by atoms with Crippen molar-refractivity contribution in [3.8, 4) is 5.75 Å². The molecule has 1 N–H and O–H groups in total. The molecule has 0 spiro atoms. The first kappa shape index (κ1) is 16.5. The van der Waals surface area contributed by atoms with Gasteiger partial charge in [-0.25, -0.2) is 0 Å². The van der Waals surface area contributed by atoms with Crippen LogP contribution in [-0.4, -0.2) is 30.1 Å². The molecule has 8 heteroatoms. The lowest BCUT2D eigenvalue weighted by molar-refractivity contribution is 0.0949. The van der Waals surface area contributed by atoms with E-state index in [9.17, 15) is 13.2 Å². The third-order valence-electron chi connectivity index (χ3n) is 3.61. The molecule has 1 saturated carbocycles. The molecule has 128 valence electrons. The predicted octanol–water partition coefficient (Wildman–Crippen LogP) is 2.12. The third-order valence-corrected chi connectivity index (χ3v) is 4.74. The quantitative estimate of drug-likeness (QED) is 0.807. The Bertz CT molecular complexity index is 854. The summed E-state index contributed by atoms with van der Waals surface area (Å²) in [4.78, 5) is 12.2. The summed E-state index contributed by atoms with van der Waals surface area (Å²) in [7, 11) is -4.11. The van der Waals surface area contributed by atoms with E-state index in [1.165, 1.54) is 22.9 Å². The molecule has 0 unspecified atom stereocenters. The van der Waals surface area contributed by atoms with Crippen LogP contribution < -0.4 is 9.50 Å². The van der Waals surface area contributed by atoms with Crippen LogP contribution >= 0.6 is 0 Å². The minimum atomic E-state index is -4.11. The van der Waals surface area contributed by atoms with Crippen LogP contribution in [0.2, 0.25) is 0 Å². The summed E-state index contributed by atoms with van der Waals surface area (Å²) in [6, 6.07) is 7.85. The van der Waals surface area contributed by atoms with Crippen LogP contribution in [0, 0.1) is 0 Å². The summed E-state index contributed by atoms with van der Waals surface area (Å²) in [6.45, 7) is 3.78. The van der Waals surface area contributed by atoms with Gasteiger partial charge in [-0.1, -0.05) is 12.1 Å². The van der Waals surface area contributed by atoms with Gasteiger partial charge in [-0.3, -0.25) is 9.48 Å². The number of hydrogen-bond donors (Lipinski definition) is 1. The summed E-state index contributed by atoms with van der Waals surface area (Å²) in [5.41, 5.74) is 0.191. The lowest BCUT2D eigenvalue weighted by Crippen LogP contribution is -2.26. The number of rotatable bonds is 6. The zero-order chi connectivity index (χ0) is 17.3. The molecule has 2 aromatic rings. The fourth-order valence-electron chi connectivity index (χ4n) is 2.12. The Labute approximate surface area is 140 Å². The monoisotopic (exact) mass is 349 g/mol. The maximum absolute atomic E-state index is 12.4. The molecule has 0 radical (unpaired) electrons. The van der Waals surface area contributed by atoms with E-state index in [2.05, 4.69) is 10.4 Å². The van der Waals surface area contributed by atoms with E-state index in [1.807, 2.05) is 13.8 Å². The Balaban J connectivity index is 1.85. The molecule has 7 nitrogen and oxygen atoms in total. The number of benzene rings is 1. The van der Waals surface area contributed by atoms with E-state index in [4.69, 9.17) is 4.18 Å². The predicted molar refractivity (Wildman–Crippen MR) is 87.4 cm³/mol. The highest BCUT2D eigenvalue weighted by Gasteiger charge is 2.27. The molecule has 1 aromatic heterocycles. The lowest BCUT2D eigenvalue weighted by Gasteiger charge is -2.10. The van der Waals surface area contributed by atoms with Gasteiger partial charge < -0.3 is 9.50 Å². The molecule has 1 aliphatic carbocycles. The fourth-order valence-corrected chi connectivity index (χ4v) is 3.01. The van der Waals surface area contributed by atoms with E-state index in [1.54, 1.807) is 18.3 Å². The topological polar surface area (TPSA) is 90.3 Å². The Hall–Kier alpha value is -2.35. The van der Waals surface area contributed by atoms with Crippen molar-refractivity contribution in [3.63, 3.8) is 0 Å². The molecule has 24 heavy (non-hydrogen) atoms. The lowest BCUT2D eigenvalue weighted by atomic mass is 10.2. The number of aromatic nitrogens is 2. The molecular formula is C16H19N3O4S. The van der Waals surface area contributed by atoms with Gasteiger partial charge in [0.2, 0.25) is 5.03 Å². The number of carbonyl (C=O) groups excluding carboxylic acids is 1. The van der Waals surface area contributed by atoms with E-state index in [-0.39, 0.29) is 34.3 Å². The van der Waals surface area contributed by atoms with Crippen molar-refractivity contribution in [1.82, 2.24) is 15.1 Å². The van der Waals surface area contributed by atoms with Gasteiger partial charge in [-0.15, -0.1) is 0 Å². The van der Waals surface area contributed by atoms with E-state index in [0.29, 0.717) is 0 Å². The molecule has 1 aliphatic rings. The van der Waals surface area contributed by atoms with Gasteiger partial charge in [-0.2, -0.15) is 13.5 Å². The highest BCUT2D eigenvalue weighted by atomic mass is 32.2. The van der Waals surface area contributed by atoms with Gasteiger partial charge >= 0.3 is 10.1 Å².